The van der Waals surface area contributed by atoms with Gasteiger partial charge in [-0.15, -0.1) is 0 Å². The van der Waals surface area contributed by atoms with Crippen molar-refractivity contribution >= 4 is 11.8 Å². The molecule has 0 unspecified atom stereocenters. The van der Waals surface area contributed by atoms with Crippen LogP contribution in [0.2, 0.25) is 0 Å². The Morgan fingerprint density at radius 3 is 2.60 bits per heavy atom. The molecule has 2 amide bonds. The maximum absolute atomic E-state index is 12.3. The van der Waals surface area contributed by atoms with Crippen LogP contribution in [0.4, 0.5) is 10.6 Å². The van der Waals surface area contributed by atoms with Gasteiger partial charge in [0, 0.05) is 32.4 Å². The summed E-state index contributed by atoms with van der Waals surface area (Å²) in [5, 5.41) is 10.0. The molecular formula is C22H27N7O. The van der Waals surface area contributed by atoms with Gasteiger partial charge in [-0.05, 0) is 48.1 Å². The second-order valence-corrected chi connectivity index (χ2v) is 7.47. The summed E-state index contributed by atoms with van der Waals surface area (Å²) in [7, 11) is 0. The van der Waals surface area contributed by atoms with Crippen molar-refractivity contribution in [2.45, 2.75) is 38.9 Å². The largest absolute Gasteiger partial charge is 0.357 e. The minimum atomic E-state index is -0.193. The number of nitrogens with one attached hydrogen (secondary N) is 2. The minimum Gasteiger partial charge on any atom is -0.357 e. The number of carbonyl (C=O) groups excluding carboxylic acids is 1. The summed E-state index contributed by atoms with van der Waals surface area (Å²) in [4.78, 5) is 23.1. The predicted octanol–water partition coefficient (Wildman–Crippen LogP) is 2.71. The molecule has 3 aromatic rings. The SMILES string of the molecule is O=C(NCc1ccnc(N2CCCCC2)c1)NCc1ccccc1Cn1cncn1. The predicted molar refractivity (Wildman–Crippen MR) is 115 cm³/mol. The van der Waals surface area contributed by atoms with Crippen LogP contribution in [0.5, 0.6) is 0 Å². The van der Waals surface area contributed by atoms with E-state index < -0.39 is 0 Å². The van der Waals surface area contributed by atoms with Gasteiger partial charge < -0.3 is 15.5 Å². The number of anilines is 1. The third kappa shape index (κ3) is 5.34. The van der Waals surface area contributed by atoms with Gasteiger partial charge in [0.25, 0.3) is 0 Å². The molecule has 8 nitrogen and oxygen atoms in total. The lowest BCUT2D eigenvalue weighted by Crippen LogP contribution is -2.35. The third-order valence-corrected chi connectivity index (χ3v) is 5.30. The first-order valence-electron chi connectivity index (χ1n) is 10.4. The number of pyridine rings is 1. The molecule has 1 aliphatic rings. The molecule has 2 N–H and O–H groups in total. The zero-order chi connectivity index (χ0) is 20.6. The number of carbonyl (C=O) groups is 1. The number of hydrogen-bond donors (Lipinski definition) is 2. The summed E-state index contributed by atoms with van der Waals surface area (Å²) in [6.45, 7) is 3.65. The molecule has 0 saturated carbocycles. The van der Waals surface area contributed by atoms with Crippen molar-refractivity contribution in [3.05, 3.63) is 71.9 Å². The normalized spacial score (nSPS) is 13.8. The Bertz CT molecular complexity index is 952. The summed E-state index contributed by atoms with van der Waals surface area (Å²) in [5.74, 6) is 0.997. The molecule has 1 aliphatic heterocycles. The molecule has 0 atom stereocenters. The van der Waals surface area contributed by atoms with Crippen molar-refractivity contribution < 1.29 is 4.79 Å². The quantitative estimate of drug-likeness (QED) is 0.631. The van der Waals surface area contributed by atoms with Crippen molar-refractivity contribution in [2.24, 2.45) is 0 Å². The van der Waals surface area contributed by atoms with E-state index in [1.165, 1.54) is 25.6 Å². The van der Waals surface area contributed by atoms with Gasteiger partial charge in [0.15, 0.2) is 0 Å². The molecule has 4 rings (SSSR count). The minimum absolute atomic E-state index is 0.193. The highest BCUT2D eigenvalue weighted by atomic mass is 16.2. The fourth-order valence-electron chi connectivity index (χ4n) is 3.66. The highest BCUT2D eigenvalue weighted by Crippen LogP contribution is 2.18. The van der Waals surface area contributed by atoms with E-state index in [-0.39, 0.29) is 6.03 Å². The molecular weight excluding hydrogens is 378 g/mol. The molecule has 0 aliphatic carbocycles. The Kier molecular flexibility index (Phi) is 6.54. The third-order valence-electron chi connectivity index (χ3n) is 5.30. The van der Waals surface area contributed by atoms with Crippen LogP contribution in [0.3, 0.4) is 0 Å². The number of amides is 2. The first-order chi connectivity index (χ1) is 14.8. The monoisotopic (exact) mass is 405 g/mol. The van der Waals surface area contributed by atoms with Crippen LogP contribution in [0.1, 0.15) is 36.0 Å². The Balaban J connectivity index is 1.29. The van der Waals surface area contributed by atoms with Gasteiger partial charge in [-0.2, -0.15) is 5.10 Å². The lowest BCUT2D eigenvalue weighted by atomic mass is 10.1. The van der Waals surface area contributed by atoms with Crippen LogP contribution in [0.25, 0.3) is 0 Å². The molecule has 1 fully saturated rings. The van der Waals surface area contributed by atoms with E-state index in [1.807, 2.05) is 36.5 Å². The molecule has 3 heterocycles. The molecule has 1 aromatic carbocycles. The van der Waals surface area contributed by atoms with Gasteiger partial charge in [0.2, 0.25) is 0 Å². The number of hydrogen-bond acceptors (Lipinski definition) is 5. The first kappa shape index (κ1) is 19.9. The summed E-state index contributed by atoms with van der Waals surface area (Å²) in [6, 6.07) is 11.8. The molecule has 0 spiro atoms. The number of nitrogens with zero attached hydrogens (tertiary/aromatic N) is 5. The van der Waals surface area contributed by atoms with E-state index in [2.05, 4.69) is 36.7 Å². The molecule has 8 heteroatoms. The van der Waals surface area contributed by atoms with E-state index in [9.17, 15) is 4.79 Å². The van der Waals surface area contributed by atoms with Crippen LogP contribution < -0.4 is 15.5 Å². The first-order valence-corrected chi connectivity index (χ1v) is 10.4. The average molecular weight is 406 g/mol. The Labute approximate surface area is 176 Å². The average Bonchev–Trinajstić information content (AvgIpc) is 3.31. The second kappa shape index (κ2) is 9.87. The fraction of sp³-hybridized carbons (Fsp3) is 0.364. The fourth-order valence-corrected chi connectivity index (χ4v) is 3.66. The van der Waals surface area contributed by atoms with Crippen molar-refractivity contribution in [1.29, 1.82) is 0 Å². The second-order valence-electron chi connectivity index (χ2n) is 7.47. The van der Waals surface area contributed by atoms with Gasteiger partial charge in [0.1, 0.15) is 18.5 Å². The van der Waals surface area contributed by atoms with Crippen LogP contribution in [-0.4, -0.2) is 38.9 Å². The lowest BCUT2D eigenvalue weighted by molar-refractivity contribution is 0.240. The number of urea groups is 1. The summed E-state index contributed by atoms with van der Waals surface area (Å²) in [6.07, 6.45) is 8.74. The Morgan fingerprint density at radius 1 is 1.00 bits per heavy atom. The number of aromatic nitrogens is 4. The standard InChI is InChI=1S/C22H27N7O/c30-22(25-13-18-8-9-24-21(12-18)28-10-4-1-5-11-28)26-14-19-6-2-3-7-20(19)15-29-17-23-16-27-29/h2-3,6-9,12,16-17H,1,4-5,10-11,13-15H2,(H2,25,26,30). The molecule has 0 radical (unpaired) electrons. The van der Waals surface area contributed by atoms with Crippen LogP contribution >= 0.6 is 0 Å². The van der Waals surface area contributed by atoms with E-state index in [4.69, 9.17) is 0 Å². The number of piperidine rings is 1. The molecule has 0 bridgehead atoms. The van der Waals surface area contributed by atoms with Crippen molar-refractivity contribution in [3.8, 4) is 0 Å². The summed E-state index contributed by atoms with van der Waals surface area (Å²) >= 11 is 0. The summed E-state index contributed by atoms with van der Waals surface area (Å²) in [5.41, 5.74) is 3.20. The summed E-state index contributed by atoms with van der Waals surface area (Å²) < 4.78 is 1.77. The van der Waals surface area contributed by atoms with Crippen LogP contribution in [-0.2, 0) is 19.6 Å². The van der Waals surface area contributed by atoms with E-state index in [1.54, 1.807) is 11.0 Å². The van der Waals surface area contributed by atoms with Crippen LogP contribution in [0.15, 0.2) is 55.2 Å². The number of rotatable bonds is 7. The zero-order valence-corrected chi connectivity index (χ0v) is 17.0. The maximum atomic E-state index is 12.3. The maximum Gasteiger partial charge on any atom is 0.315 e. The lowest BCUT2D eigenvalue weighted by Gasteiger charge is -2.27. The van der Waals surface area contributed by atoms with E-state index in [0.29, 0.717) is 19.6 Å². The van der Waals surface area contributed by atoms with Crippen molar-refractivity contribution in [2.75, 3.05) is 18.0 Å². The topological polar surface area (TPSA) is 88.0 Å². The molecule has 2 aromatic heterocycles. The Hall–Kier alpha value is -3.42. The van der Waals surface area contributed by atoms with Gasteiger partial charge >= 0.3 is 6.03 Å². The van der Waals surface area contributed by atoms with Gasteiger partial charge in [-0.1, -0.05) is 24.3 Å². The highest BCUT2D eigenvalue weighted by Gasteiger charge is 2.12. The van der Waals surface area contributed by atoms with Crippen LogP contribution in [0, 0.1) is 0 Å². The number of benzene rings is 1. The van der Waals surface area contributed by atoms with Crippen molar-refractivity contribution in [3.63, 3.8) is 0 Å². The van der Waals surface area contributed by atoms with Crippen molar-refractivity contribution in [1.82, 2.24) is 30.4 Å². The van der Waals surface area contributed by atoms with E-state index in [0.717, 1.165) is 35.6 Å². The highest BCUT2D eigenvalue weighted by molar-refractivity contribution is 5.73. The molecule has 30 heavy (non-hydrogen) atoms. The van der Waals surface area contributed by atoms with Gasteiger partial charge in [-0.3, -0.25) is 0 Å². The van der Waals surface area contributed by atoms with E-state index >= 15 is 0 Å². The zero-order valence-electron chi connectivity index (χ0n) is 17.0. The molecule has 156 valence electrons. The Morgan fingerprint density at radius 2 is 1.80 bits per heavy atom. The smallest absolute Gasteiger partial charge is 0.315 e. The molecule has 1 saturated heterocycles. The van der Waals surface area contributed by atoms with Gasteiger partial charge in [-0.25, -0.2) is 19.4 Å². The van der Waals surface area contributed by atoms with Gasteiger partial charge in [0.05, 0.1) is 6.54 Å².